The van der Waals surface area contributed by atoms with Gasteiger partial charge in [0.25, 0.3) is 5.69 Å². The molecule has 0 atom stereocenters. The predicted octanol–water partition coefficient (Wildman–Crippen LogP) is 3.84. The number of nitrogens with zero attached hydrogens (tertiary/aromatic N) is 3. The molecule has 1 N–H and O–H groups in total. The lowest BCUT2D eigenvalue weighted by atomic mass is 10.1. The first-order valence-electron chi connectivity index (χ1n) is 7.69. The number of nitrogens with one attached hydrogen (secondary N) is 1. The minimum absolute atomic E-state index is 0.0107. The van der Waals surface area contributed by atoms with Crippen molar-refractivity contribution in [1.82, 2.24) is 10.1 Å². The number of non-ortho nitro benzene ring substituents is 1. The Kier molecular flexibility index (Phi) is 3.85. The number of rotatable bonds is 4. The summed E-state index contributed by atoms with van der Waals surface area (Å²) >= 11 is 1.18. The van der Waals surface area contributed by atoms with Crippen LogP contribution in [0.2, 0.25) is 0 Å². The fourth-order valence-corrected chi connectivity index (χ4v) is 3.54. The second-order valence-corrected chi connectivity index (χ2v) is 6.81. The molecule has 26 heavy (non-hydrogen) atoms. The first-order valence-corrected chi connectivity index (χ1v) is 8.51. The monoisotopic (exact) mass is 368 g/mol. The Balaban J connectivity index is 1.55. The van der Waals surface area contributed by atoms with E-state index in [-0.39, 0.29) is 18.0 Å². The van der Waals surface area contributed by atoms with Gasteiger partial charge in [-0.2, -0.15) is 0 Å². The molecule has 0 radical (unpaired) electrons. The van der Waals surface area contributed by atoms with Crippen molar-refractivity contribution in [2.75, 3.05) is 5.32 Å². The highest BCUT2D eigenvalue weighted by molar-refractivity contribution is 7.22. The minimum atomic E-state index is -0.463. The number of amides is 1. The fraction of sp³-hybridized carbons (Fsp3) is 0.118. The normalized spacial score (nSPS) is 11.1. The van der Waals surface area contributed by atoms with E-state index in [1.807, 2.05) is 25.1 Å². The highest BCUT2D eigenvalue weighted by atomic mass is 32.1. The topological polar surface area (TPSA) is 111 Å². The summed E-state index contributed by atoms with van der Waals surface area (Å²) in [5, 5.41) is 18.7. The van der Waals surface area contributed by atoms with Crippen molar-refractivity contribution in [3.8, 4) is 0 Å². The van der Waals surface area contributed by atoms with Crippen LogP contribution in [-0.4, -0.2) is 21.0 Å². The molecule has 0 spiro atoms. The van der Waals surface area contributed by atoms with E-state index in [2.05, 4.69) is 15.5 Å². The highest BCUT2D eigenvalue weighted by Gasteiger charge is 2.15. The molecule has 0 aliphatic rings. The molecule has 4 rings (SSSR count). The van der Waals surface area contributed by atoms with Gasteiger partial charge in [0.15, 0.2) is 10.7 Å². The number of benzene rings is 2. The predicted molar refractivity (Wildman–Crippen MR) is 97.4 cm³/mol. The van der Waals surface area contributed by atoms with E-state index in [1.165, 1.54) is 23.5 Å². The summed E-state index contributed by atoms with van der Waals surface area (Å²) in [7, 11) is 0. The molecule has 130 valence electrons. The van der Waals surface area contributed by atoms with Crippen molar-refractivity contribution in [1.29, 1.82) is 0 Å². The average Bonchev–Trinajstić information content (AvgIpc) is 3.17. The summed E-state index contributed by atoms with van der Waals surface area (Å²) < 4.78 is 5.87. The molecule has 2 heterocycles. The van der Waals surface area contributed by atoms with Gasteiger partial charge in [0, 0.05) is 17.5 Å². The summed E-state index contributed by atoms with van der Waals surface area (Å²) in [6.45, 7) is 1.95. The van der Waals surface area contributed by atoms with Crippen LogP contribution < -0.4 is 5.32 Å². The Bertz CT molecular complexity index is 1160. The molecule has 0 saturated carbocycles. The van der Waals surface area contributed by atoms with Crippen LogP contribution in [0.5, 0.6) is 0 Å². The first kappa shape index (κ1) is 16.2. The van der Waals surface area contributed by atoms with E-state index >= 15 is 0 Å². The molecule has 0 aliphatic carbocycles. The third-order valence-electron chi connectivity index (χ3n) is 3.86. The van der Waals surface area contributed by atoms with E-state index in [0.717, 1.165) is 10.9 Å². The van der Waals surface area contributed by atoms with Crippen LogP contribution in [0, 0.1) is 17.0 Å². The number of aryl methyl sites for hydroxylation is 1. The van der Waals surface area contributed by atoms with Crippen molar-refractivity contribution >= 4 is 49.2 Å². The quantitative estimate of drug-likeness (QED) is 0.433. The Morgan fingerprint density at radius 3 is 2.96 bits per heavy atom. The van der Waals surface area contributed by atoms with Gasteiger partial charge in [-0.15, -0.1) is 0 Å². The van der Waals surface area contributed by atoms with Crippen LogP contribution >= 0.6 is 11.3 Å². The van der Waals surface area contributed by atoms with Crippen molar-refractivity contribution in [2.45, 2.75) is 13.3 Å². The smallest absolute Gasteiger partial charge is 0.270 e. The van der Waals surface area contributed by atoms with Crippen molar-refractivity contribution < 1.29 is 14.2 Å². The number of nitro groups is 1. The number of carbonyl (C=O) groups is 1. The molecule has 1 amide bonds. The minimum Gasteiger partial charge on any atom is -0.356 e. The Labute approximate surface area is 150 Å². The molecule has 2 aromatic heterocycles. The summed E-state index contributed by atoms with van der Waals surface area (Å²) in [6.07, 6.45) is 0.0481. The SMILES string of the molecule is Cc1ccc2onc(CC(=O)Nc3nc4ccc([N+](=O)[O-])cc4s3)c2c1. The van der Waals surface area contributed by atoms with Crippen LogP contribution in [-0.2, 0) is 11.2 Å². The highest BCUT2D eigenvalue weighted by Crippen LogP contribution is 2.29. The lowest BCUT2D eigenvalue weighted by Gasteiger charge is -1.99. The van der Waals surface area contributed by atoms with Crippen LogP contribution in [0.15, 0.2) is 40.9 Å². The van der Waals surface area contributed by atoms with Crippen LogP contribution in [0.4, 0.5) is 10.8 Å². The molecular weight excluding hydrogens is 356 g/mol. The van der Waals surface area contributed by atoms with Gasteiger partial charge in [-0.3, -0.25) is 14.9 Å². The second kappa shape index (κ2) is 6.19. The maximum atomic E-state index is 12.3. The molecule has 0 fully saturated rings. The van der Waals surface area contributed by atoms with Gasteiger partial charge in [-0.05, 0) is 25.1 Å². The van der Waals surface area contributed by atoms with Gasteiger partial charge in [-0.25, -0.2) is 4.98 Å². The van der Waals surface area contributed by atoms with Crippen LogP contribution in [0.3, 0.4) is 0 Å². The number of nitro benzene ring substituents is 1. The molecule has 4 aromatic rings. The number of hydrogen-bond acceptors (Lipinski definition) is 7. The molecule has 0 bridgehead atoms. The average molecular weight is 368 g/mol. The molecule has 9 heteroatoms. The number of anilines is 1. The van der Waals surface area contributed by atoms with E-state index in [1.54, 1.807) is 6.07 Å². The number of carbonyl (C=O) groups excluding carboxylic acids is 1. The van der Waals surface area contributed by atoms with Crippen molar-refractivity contribution in [3.05, 3.63) is 57.8 Å². The fourth-order valence-electron chi connectivity index (χ4n) is 2.63. The standard InChI is InChI=1S/C17H12N4O4S/c1-9-2-5-14-11(6-9)13(20-25-14)8-16(22)19-17-18-12-4-3-10(21(23)24)7-15(12)26-17/h2-7H,8H2,1H3,(H,18,19,22). The van der Waals surface area contributed by atoms with Gasteiger partial charge in [0.05, 0.1) is 21.6 Å². The lowest BCUT2D eigenvalue weighted by molar-refractivity contribution is -0.384. The molecular formula is C17H12N4O4S. The van der Waals surface area contributed by atoms with Gasteiger partial charge >= 0.3 is 0 Å². The van der Waals surface area contributed by atoms with Crippen molar-refractivity contribution in [3.63, 3.8) is 0 Å². The van der Waals surface area contributed by atoms with Gasteiger partial charge in [0.2, 0.25) is 5.91 Å². The van der Waals surface area contributed by atoms with Crippen LogP contribution in [0.1, 0.15) is 11.3 Å². The van der Waals surface area contributed by atoms with Crippen LogP contribution in [0.25, 0.3) is 21.2 Å². The number of hydrogen-bond donors (Lipinski definition) is 1. The number of fused-ring (bicyclic) bond motifs is 2. The maximum absolute atomic E-state index is 12.3. The molecule has 2 aromatic carbocycles. The molecule has 8 nitrogen and oxygen atoms in total. The Morgan fingerprint density at radius 1 is 1.31 bits per heavy atom. The van der Waals surface area contributed by atoms with E-state index < -0.39 is 4.92 Å². The number of aromatic nitrogens is 2. The molecule has 0 saturated heterocycles. The lowest BCUT2D eigenvalue weighted by Crippen LogP contribution is -2.14. The third kappa shape index (κ3) is 3.00. The van der Waals surface area contributed by atoms with E-state index in [9.17, 15) is 14.9 Å². The summed E-state index contributed by atoms with van der Waals surface area (Å²) in [6, 6.07) is 10.0. The van der Waals surface area contributed by atoms with E-state index in [4.69, 9.17) is 4.52 Å². The zero-order valence-corrected chi connectivity index (χ0v) is 14.4. The number of thiazole rings is 1. The second-order valence-electron chi connectivity index (χ2n) is 5.78. The van der Waals surface area contributed by atoms with Gasteiger partial charge < -0.3 is 9.84 Å². The van der Waals surface area contributed by atoms with Crippen molar-refractivity contribution in [2.24, 2.45) is 0 Å². The summed E-state index contributed by atoms with van der Waals surface area (Å²) in [4.78, 5) is 27.0. The summed E-state index contributed by atoms with van der Waals surface area (Å²) in [5.74, 6) is -0.282. The van der Waals surface area contributed by atoms with Gasteiger partial charge in [-0.1, -0.05) is 28.1 Å². The Hall–Kier alpha value is -3.33. The zero-order chi connectivity index (χ0) is 18.3. The van der Waals surface area contributed by atoms with Gasteiger partial charge in [0.1, 0.15) is 5.69 Å². The molecule has 0 unspecified atom stereocenters. The Morgan fingerprint density at radius 2 is 2.15 bits per heavy atom. The maximum Gasteiger partial charge on any atom is 0.270 e. The molecule has 0 aliphatic heterocycles. The summed E-state index contributed by atoms with van der Waals surface area (Å²) in [5.41, 5.74) is 2.82. The largest absolute Gasteiger partial charge is 0.356 e. The zero-order valence-electron chi connectivity index (χ0n) is 13.6. The third-order valence-corrected chi connectivity index (χ3v) is 4.79. The van der Waals surface area contributed by atoms with E-state index in [0.29, 0.717) is 26.6 Å². The first-order chi connectivity index (χ1) is 12.5.